The summed E-state index contributed by atoms with van der Waals surface area (Å²) >= 11 is 0. The zero-order chi connectivity index (χ0) is 19.4. The fourth-order valence-corrected chi connectivity index (χ4v) is 3.09. The quantitative estimate of drug-likeness (QED) is 0.480. The fraction of sp³-hybridized carbons (Fsp3) is 0.227. The predicted octanol–water partition coefficient (Wildman–Crippen LogP) is 4.44. The second-order valence-corrected chi connectivity index (χ2v) is 6.26. The fourth-order valence-electron chi connectivity index (χ4n) is 3.09. The standard InChI is InChI=1S/C22H21NO4/c1-4-26-22(25)21-18-7-5-6-8-19(18)23(20(21)13-14-24)16-9-11-17(12-10-16)27-15(2)3/h5-13,15H,4H2,1-3H3. The average molecular weight is 363 g/mol. The van der Waals surface area contributed by atoms with E-state index in [1.165, 1.54) is 6.08 Å². The molecule has 0 atom stereocenters. The minimum absolute atomic E-state index is 0.0761. The Morgan fingerprint density at radius 1 is 1.15 bits per heavy atom. The van der Waals surface area contributed by atoms with Crippen molar-refractivity contribution in [1.29, 1.82) is 0 Å². The largest absolute Gasteiger partial charge is 0.491 e. The third-order valence-corrected chi connectivity index (χ3v) is 4.05. The highest BCUT2D eigenvalue weighted by Crippen LogP contribution is 2.31. The van der Waals surface area contributed by atoms with E-state index in [1.807, 2.05) is 66.9 Å². The Hall–Kier alpha value is -3.30. The van der Waals surface area contributed by atoms with Crippen LogP contribution >= 0.6 is 0 Å². The number of aromatic nitrogens is 1. The second kappa shape index (κ2) is 7.94. The van der Waals surface area contributed by atoms with Gasteiger partial charge in [-0.2, -0.15) is 0 Å². The van der Waals surface area contributed by atoms with Crippen LogP contribution in [-0.2, 0) is 9.53 Å². The van der Waals surface area contributed by atoms with Crippen LogP contribution in [0.1, 0.15) is 36.8 Å². The van der Waals surface area contributed by atoms with Crippen molar-refractivity contribution in [3.05, 3.63) is 59.8 Å². The number of esters is 1. The van der Waals surface area contributed by atoms with E-state index in [4.69, 9.17) is 9.47 Å². The lowest BCUT2D eigenvalue weighted by atomic mass is 10.1. The van der Waals surface area contributed by atoms with Crippen molar-refractivity contribution < 1.29 is 19.1 Å². The zero-order valence-corrected chi connectivity index (χ0v) is 15.6. The van der Waals surface area contributed by atoms with E-state index in [1.54, 1.807) is 12.9 Å². The van der Waals surface area contributed by atoms with Gasteiger partial charge in [-0.1, -0.05) is 18.2 Å². The van der Waals surface area contributed by atoms with Crippen LogP contribution in [0.5, 0.6) is 5.75 Å². The van der Waals surface area contributed by atoms with E-state index in [-0.39, 0.29) is 12.7 Å². The van der Waals surface area contributed by atoms with Crippen molar-refractivity contribution in [3.8, 4) is 11.4 Å². The number of benzene rings is 2. The first-order valence-electron chi connectivity index (χ1n) is 8.85. The third-order valence-electron chi connectivity index (χ3n) is 4.05. The van der Waals surface area contributed by atoms with Crippen LogP contribution < -0.4 is 4.74 Å². The molecule has 0 aliphatic carbocycles. The third kappa shape index (κ3) is 3.64. The van der Waals surface area contributed by atoms with Gasteiger partial charge in [-0.3, -0.25) is 0 Å². The van der Waals surface area contributed by atoms with Gasteiger partial charge in [0.25, 0.3) is 0 Å². The summed E-state index contributed by atoms with van der Waals surface area (Å²) < 4.78 is 12.8. The van der Waals surface area contributed by atoms with Gasteiger partial charge in [-0.05, 0) is 51.1 Å². The summed E-state index contributed by atoms with van der Waals surface area (Å²) in [5.41, 5.74) is 2.42. The molecule has 2 aromatic carbocycles. The molecule has 1 aromatic heterocycles. The molecular formula is C22H21NO4. The van der Waals surface area contributed by atoms with Crippen molar-refractivity contribution >= 4 is 28.9 Å². The Morgan fingerprint density at radius 2 is 1.85 bits per heavy atom. The number of ether oxygens (including phenoxy) is 2. The van der Waals surface area contributed by atoms with E-state index >= 15 is 0 Å². The molecule has 0 aliphatic heterocycles. The van der Waals surface area contributed by atoms with E-state index < -0.39 is 5.97 Å². The van der Waals surface area contributed by atoms with Gasteiger partial charge in [0.15, 0.2) is 0 Å². The molecule has 0 spiro atoms. The van der Waals surface area contributed by atoms with Gasteiger partial charge in [-0.25, -0.2) is 9.59 Å². The molecule has 0 fully saturated rings. The molecule has 27 heavy (non-hydrogen) atoms. The van der Waals surface area contributed by atoms with Crippen LogP contribution in [0.3, 0.4) is 0 Å². The smallest absolute Gasteiger partial charge is 0.340 e. The van der Waals surface area contributed by atoms with Gasteiger partial charge < -0.3 is 14.0 Å². The number of fused-ring (bicyclic) bond motifs is 1. The highest BCUT2D eigenvalue weighted by atomic mass is 16.5. The molecule has 3 rings (SSSR count). The number of nitrogens with zero attached hydrogens (tertiary/aromatic N) is 1. The number of para-hydroxylation sites is 1. The summed E-state index contributed by atoms with van der Waals surface area (Å²) in [5, 5.41) is 0.722. The Kier molecular flexibility index (Phi) is 5.43. The summed E-state index contributed by atoms with van der Waals surface area (Å²) in [5.74, 6) is 2.09. The van der Waals surface area contributed by atoms with Gasteiger partial charge in [0.2, 0.25) is 0 Å². The lowest BCUT2D eigenvalue weighted by molar-refractivity contribution is 0.0528. The number of rotatable bonds is 6. The molecule has 0 bridgehead atoms. The van der Waals surface area contributed by atoms with Crippen molar-refractivity contribution in [2.75, 3.05) is 6.61 Å². The molecule has 138 valence electrons. The van der Waals surface area contributed by atoms with Crippen LogP contribution in [0, 0.1) is 0 Å². The first-order chi connectivity index (χ1) is 13.1. The summed E-state index contributed by atoms with van der Waals surface area (Å²) in [4.78, 5) is 23.7. The Labute approximate surface area is 157 Å². The first-order valence-corrected chi connectivity index (χ1v) is 8.85. The number of hydrogen-bond donors (Lipinski definition) is 0. The number of hydrogen-bond acceptors (Lipinski definition) is 4. The van der Waals surface area contributed by atoms with Crippen molar-refractivity contribution in [2.45, 2.75) is 26.9 Å². The van der Waals surface area contributed by atoms with Crippen molar-refractivity contribution in [1.82, 2.24) is 4.57 Å². The van der Waals surface area contributed by atoms with Gasteiger partial charge in [0, 0.05) is 17.1 Å². The molecule has 0 N–H and O–H groups in total. The zero-order valence-electron chi connectivity index (χ0n) is 15.6. The molecule has 0 saturated carbocycles. The Bertz CT molecular complexity index is 1010. The number of carbonyl (C=O) groups is 1. The molecular weight excluding hydrogens is 342 g/mol. The molecule has 3 aromatic rings. The minimum Gasteiger partial charge on any atom is -0.491 e. The van der Waals surface area contributed by atoms with Crippen LogP contribution in [0.15, 0.2) is 48.5 Å². The summed E-state index contributed by atoms with van der Waals surface area (Å²) in [7, 11) is 0. The van der Waals surface area contributed by atoms with Crippen LogP contribution in [0.2, 0.25) is 0 Å². The SMILES string of the molecule is CCOC(=O)c1c(C=C=O)n(-c2ccc(OC(C)C)cc2)c2ccccc12. The maximum atomic E-state index is 12.6. The summed E-state index contributed by atoms with van der Waals surface area (Å²) in [6.07, 6.45) is 1.34. The highest BCUT2D eigenvalue weighted by molar-refractivity contribution is 6.09. The van der Waals surface area contributed by atoms with Crippen molar-refractivity contribution in [2.24, 2.45) is 0 Å². The monoisotopic (exact) mass is 363 g/mol. The van der Waals surface area contributed by atoms with E-state index in [0.717, 1.165) is 22.3 Å². The molecule has 0 radical (unpaired) electrons. The van der Waals surface area contributed by atoms with Gasteiger partial charge in [-0.15, -0.1) is 0 Å². The summed E-state index contributed by atoms with van der Waals surface area (Å²) in [6, 6.07) is 15.0. The molecule has 0 amide bonds. The van der Waals surface area contributed by atoms with Crippen LogP contribution in [-0.4, -0.2) is 29.2 Å². The Balaban J connectivity index is 2.24. The molecule has 5 nitrogen and oxygen atoms in total. The van der Waals surface area contributed by atoms with E-state index in [0.29, 0.717) is 11.3 Å². The van der Waals surface area contributed by atoms with E-state index in [9.17, 15) is 9.59 Å². The van der Waals surface area contributed by atoms with E-state index in [2.05, 4.69) is 0 Å². The topological polar surface area (TPSA) is 57.5 Å². The first kappa shape index (κ1) is 18.5. The molecule has 0 aliphatic rings. The molecule has 0 saturated heterocycles. The van der Waals surface area contributed by atoms with Crippen LogP contribution in [0.25, 0.3) is 22.7 Å². The maximum Gasteiger partial charge on any atom is 0.340 e. The Morgan fingerprint density at radius 3 is 2.48 bits per heavy atom. The normalized spacial score (nSPS) is 10.7. The highest BCUT2D eigenvalue weighted by Gasteiger charge is 2.23. The predicted molar refractivity (Wildman–Crippen MR) is 105 cm³/mol. The number of carbonyl (C=O) groups excluding carboxylic acids is 2. The van der Waals surface area contributed by atoms with Gasteiger partial charge in [0.05, 0.1) is 29.5 Å². The summed E-state index contributed by atoms with van der Waals surface area (Å²) in [6.45, 7) is 5.93. The lowest BCUT2D eigenvalue weighted by Crippen LogP contribution is -2.07. The molecule has 1 heterocycles. The second-order valence-electron chi connectivity index (χ2n) is 6.26. The van der Waals surface area contributed by atoms with Gasteiger partial charge >= 0.3 is 5.97 Å². The maximum absolute atomic E-state index is 12.6. The van der Waals surface area contributed by atoms with Crippen molar-refractivity contribution in [3.63, 3.8) is 0 Å². The average Bonchev–Trinajstić information content (AvgIpc) is 2.96. The molecule has 5 heteroatoms. The minimum atomic E-state index is -0.464. The lowest BCUT2D eigenvalue weighted by Gasteiger charge is -2.12. The van der Waals surface area contributed by atoms with Crippen LogP contribution in [0.4, 0.5) is 0 Å². The van der Waals surface area contributed by atoms with Gasteiger partial charge in [0.1, 0.15) is 11.7 Å². The molecule has 0 unspecified atom stereocenters.